The second kappa shape index (κ2) is 6.42. The van der Waals surface area contributed by atoms with Gasteiger partial charge in [0.05, 0.1) is 6.61 Å². The van der Waals surface area contributed by atoms with Crippen LogP contribution in [0.25, 0.3) is 0 Å². The van der Waals surface area contributed by atoms with Gasteiger partial charge in [-0.2, -0.15) is 0 Å². The molecule has 1 aliphatic rings. The number of thioether (sulfide) groups is 1. The highest BCUT2D eigenvalue weighted by Crippen LogP contribution is 2.37. The molecule has 0 saturated heterocycles. The Kier molecular flexibility index (Phi) is 5.13. The maximum atomic E-state index is 9.41. The van der Waals surface area contributed by atoms with Crippen LogP contribution in [0.2, 0.25) is 0 Å². The van der Waals surface area contributed by atoms with Crippen molar-refractivity contribution in [2.24, 2.45) is 11.7 Å². The molecule has 2 rings (SSSR count). The highest BCUT2D eigenvalue weighted by Gasteiger charge is 2.38. The zero-order valence-corrected chi connectivity index (χ0v) is 12.8. The van der Waals surface area contributed by atoms with Crippen molar-refractivity contribution in [3.63, 3.8) is 0 Å². The Morgan fingerprint density at radius 3 is 2.78 bits per heavy atom. The minimum Gasteiger partial charge on any atom is -0.394 e. The van der Waals surface area contributed by atoms with Crippen LogP contribution in [0, 0.1) is 5.92 Å². The van der Waals surface area contributed by atoms with Crippen LogP contribution in [0.5, 0.6) is 0 Å². The van der Waals surface area contributed by atoms with E-state index < -0.39 is 0 Å². The van der Waals surface area contributed by atoms with Crippen LogP contribution in [-0.2, 0) is 0 Å². The molecule has 1 saturated carbocycles. The molecular formula is C14H20BrNOS. The monoisotopic (exact) mass is 329 g/mol. The number of aliphatic hydroxyl groups excluding tert-OH is 1. The Labute approximate surface area is 121 Å². The smallest absolute Gasteiger partial charge is 0.0613 e. The van der Waals surface area contributed by atoms with Crippen LogP contribution in [0.3, 0.4) is 0 Å². The summed E-state index contributed by atoms with van der Waals surface area (Å²) in [5.74, 6) is 1.55. The van der Waals surface area contributed by atoms with Gasteiger partial charge in [0, 0.05) is 14.9 Å². The fraction of sp³-hybridized carbons (Fsp3) is 0.571. The fourth-order valence-electron chi connectivity index (χ4n) is 2.66. The number of nitrogens with two attached hydrogens (primary N) is 1. The first-order chi connectivity index (χ1) is 8.64. The number of benzene rings is 1. The summed E-state index contributed by atoms with van der Waals surface area (Å²) in [4.78, 5) is 1.29. The maximum Gasteiger partial charge on any atom is 0.0613 e. The maximum absolute atomic E-state index is 9.41. The molecule has 100 valence electrons. The van der Waals surface area contributed by atoms with E-state index in [1.165, 1.54) is 4.90 Å². The lowest BCUT2D eigenvalue weighted by Crippen LogP contribution is -2.47. The van der Waals surface area contributed by atoms with E-state index in [1.807, 2.05) is 11.8 Å². The van der Waals surface area contributed by atoms with E-state index in [0.29, 0.717) is 5.92 Å². The Morgan fingerprint density at radius 2 is 2.11 bits per heavy atom. The van der Waals surface area contributed by atoms with Gasteiger partial charge in [-0.1, -0.05) is 22.4 Å². The highest BCUT2D eigenvalue weighted by molar-refractivity contribution is 9.10. The molecule has 3 N–H and O–H groups in total. The van der Waals surface area contributed by atoms with Crippen molar-refractivity contribution in [2.75, 3.05) is 12.4 Å². The van der Waals surface area contributed by atoms with E-state index in [2.05, 4.69) is 40.2 Å². The summed E-state index contributed by atoms with van der Waals surface area (Å²) in [6.45, 7) is 0.126. The van der Waals surface area contributed by atoms with Crippen molar-refractivity contribution in [2.45, 2.75) is 36.1 Å². The van der Waals surface area contributed by atoms with Crippen LogP contribution in [0.4, 0.5) is 0 Å². The third-order valence-electron chi connectivity index (χ3n) is 3.85. The Balaban J connectivity index is 1.80. The average molecular weight is 330 g/mol. The number of hydrogen-bond donors (Lipinski definition) is 2. The van der Waals surface area contributed by atoms with E-state index in [4.69, 9.17) is 5.73 Å². The third-order valence-corrected chi connectivity index (χ3v) is 5.42. The summed E-state index contributed by atoms with van der Waals surface area (Å²) in [5.41, 5.74) is 5.92. The van der Waals surface area contributed by atoms with Gasteiger partial charge < -0.3 is 10.8 Å². The highest BCUT2D eigenvalue weighted by atomic mass is 79.9. The molecule has 2 nitrogen and oxygen atoms in total. The van der Waals surface area contributed by atoms with E-state index in [9.17, 15) is 5.11 Å². The van der Waals surface area contributed by atoms with Gasteiger partial charge in [-0.05, 0) is 55.2 Å². The SMILES string of the molecule is NC1(CO)CCCC1CCSc1ccc(Br)cc1. The molecule has 1 aromatic rings. The van der Waals surface area contributed by atoms with Gasteiger partial charge >= 0.3 is 0 Å². The normalized spacial score (nSPS) is 27.6. The van der Waals surface area contributed by atoms with Crippen LogP contribution in [-0.4, -0.2) is 23.0 Å². The summed E-state index contributed by atoms with van der Waals surface area (Å²) in [7, 11) is 0. The quantitative estimate of drug-likeness (QED) is 0.813. The van der Waals surface area contributed by atoms with Crippen molar-refractivity contribution in [1.29, 1.82) is 0 Å². The molecule has 0 aromatic heterocycles. The molecule has 1 fully saturated rings. The van der Waals surface area contributed by atoms with Crippen molar-refractivity contribution in [1.82, 2.24) is 0 Å². The first-order valence-electron chi connectivity index (χ1n) is 6.42. The van der Waals surface area contributed by atoms with Gasteiger partial charge in [0.2, 0.25) is 0 Å². The first kappa shape index (κ1) is 14.4. The molecule has 0 radical (unpaired) electrons. The third kappa shape index (κ3) is 3.50. The van der Waals surface area contributed by atoms with Gasteiger partial charge in [-0.25, -0.2) is 0 Å². The Morgan fingerprint density at radius 1 is 1.39 bits per heavy atom. The predicted octanol–water partition coefficient (Wildman–Crippen LogP) is 3.42. The average Bonchev–Trinajstić information content (AvgIpc) is 2.74. The predicted molar refractivity (Wildman–Crippen MR) is 80.8 cm³/mol. The fourth-order valence-corrected chi connectivity index (χ4v) is 3.89. The number of hydrogen-bond acceptors (Lipinski definition) is 3. The Bertz CT molecular complexity index is 384. The minimum absolute atomic E-state index is 0.126. The number of rotatable bonds is 5. The van der Waals surface area contributed by atoms with Crippen LogP contribution in [0.1, 0.15) is 25.7 Å². The van der Waals surface area contributed by atoms with E-state index in [0.717, 1.165) is 35.9 Å². The van der Waals surface area contributed by atoms with Gasteiger partial charge in [0.25, 0.3) is 0 Å². The summed E-state index contributed by atoms with van der Waals surface area (Å²) in [6, 6.07) is 8.40. The van der Waals surface area contributed by atoms with Crippen LogP contribution >= 0.6 is 27.7 Å². The molecule has 0 bridgehead atoms. The zero-order valence-electron chi connectivity index (χ0n) is 10.4. The summed E-state index contributed by atoms with van der Waals surface area (Å²) in [5, 5.41) is 9.41. The van der Waals surface area contributed by atoms with Crippen LogP contribution < -0.4 is 5.73 Å². The summed E-state index contributed by atoms with van der Waals surface area (Å²) < 4.78 is 1.11. The lowest BCUT2D eigenvalue weighted by atomic mass is 9.87. The first-order valence-corrected chi connectivity index (χ1v) is 8.20. The molecule has 2 atom stereocenters. The second-order valence-corrected chi connectivity index (χ2v) is 7.16. The second-order valence-electron chi connectivity index (χ2n) is 5.07. The van der Waals surface area contributed by atoms with Crippen molar-refractivity contribution < 1.29 is 5.11 Å². The molecular weight excluding hydrogens is 310 g/mol. The molecule has 4 heteroatoms. The number of halogens is 1. The van der Waals surface area contributed by atoms with E-state index in [1.54, 1.807) is 0 Å². The zero-order chi connectivity index (χ0) is 13.0. The van der Waals surface area contributed by atoms with E-state index in [-0.39, 0.29) is 12.1 Å². The molecule has 0 aliphatic heterocycles. The molecule has 0 spiro atoms. The molecule has 1 aliphatic carbocycles. The van der Waals surface area contributed by atoms with E-state index >= 15 is 0 Å². The summed E-state index contributed by atoms with van der Waals surface area (Å²) >= 11 is 5.31. The van der Waals surface area contributed by atoms with Gasteiger partial charge in [-0.3, -0.25) is 0 Å². The summed E-state index contributed by atoms with van der Waals surface area (Å²) in [6.07, 6.45) is 4.39. The number of aliphatic hydroxyl groups is 1. The van der Waals surface area contributed by atoms with Gasteiger partial charge in [0.15, 0.2) is 0 Å². The van der Waals surface area contributed by atoms with Crippen molar-refractivity contribution in [3.8, 4) is 0 Å². The van der Waals surface area contributed by atoms with Crippen LogP contribution in [0.15, 0.2) is 33.6 Å². The van der Waals surface area contributed by atoms with Gasteiger partial charge in [0.1, 0.15) is 0 Å². The topological polar surface area (TPSA) is 46.2 Å². The minimum atomic E-state index is -0.319. The molecule has 0 heterocycles. The molecule has 1 aromatic carbocycles. The molecule has 18 heavy (non-hydrogen) atoms. The standard InChI is InChI=1S/C14H20BrNOS/c15-12-3-5-13(6-4-12)18-9-7-11-2-1-8-14(11,16)10-17/h3-6,11,17H,1-2,7-10,16H2. The molecule has 0 amide bonds. The molecule has 2 unspecified atom stereocenters. The lowest BCUT2D eigenvalue weighted by Gasteiger charge is -2.29. The van der Waals surface area contributed by atoms with Crippen molar-refractivity contribution >= 4 is 27.7 Å². The van der Waals surface area contributed by atoms with Crippen molar-refractivity contribution in [3.05, 3.63) is 28.7 Å². The largest absolute Gasteiger partial charge is 0.394 e. The Hall–Kier alpha value is -0.0300. The lowest BCUT2D eigenvalue weighted by molar-refractivity contribution is 0.158. The van der Waals surface area contributed by atoms with Gasteiger partial charge in [-0.15, -0.1) is 11.8 Å².